The van der Waals surface area contributed by atoms with E-state index in [2.05, 4.69) is 20.1 Å². The van der Waals surface area contributed by atoms with Gasteiger partial charge in [0.2, 0.25) is 5.75 Å². The number of nitrogen functional groups attached to an aromatic ring is 1. The molecule has 0 amide bonds. The fourth-order valence-corrected chi connectivity index (χ4v) is 4.34. The van der Waals surface area contributed by atoms with Crippen LogP contribution in [0.15, 0.2) is 53.5 Å². The first-order valence-electron chi connectivity index (χ1n) is 11.2. The number of para-hydroxylation sites is 1. The van der Waals surface area contributed by atoms with Crippen LogP contribution in [0.2, 0.25) is 0 Å². The molecule has 5 rings (SSSR count). The Morgan fingerprint density at radius 1 is 1.20 bits per heavy atom. The van der Waals surface area contributed by atoms with Gasteiger partial charge in [-0.15, -0.1) is 13.2 Å². The molecule has 0 bridgehead atoms. The van der Waals surface area contributed by atoms with Crippen molar-refractivity contribution in [3.8, 4) is 22.6 Å². The van der Waals surface area contributed by atoms with E-state index in [0.29, 0.717) is 17.0 Å². The molecule has 0 radical (unpaired) electrons. The van der Waals surface area contributed by atoms with Crippen LogP contribution in [0.5, 0.6) is 11.5 Å². The number of furan rings is 1. The summed E-state index contributed by atoms with van der Waals surface area (Å²) in [4.78, 5) is 4.24. The molecule has 184 valence electrons. The van der Waals surface area contributed by atoms with Crippen LogP contribution in [0, 0.1) is 0 Å². The van der Waals surface area contributed by atoms with Crippen LogP contribution in [-0.2, 0) is 0 Å². The standard InChI is InChI=1S/C24H24F3N5O3/c1-14(17-4-2-3-5-20(17)35-24(25,26)27)34-22-21-18(11-30-23(22)28)19(13-33-21)15-10-31-32(12-15)16-6-8-29-9-7-16/h2-5,10-14,16,29H,6-9H2,1H3,(H2,28,30). The number of halogens is 3. The lowest BCUT2D eigenvalue weighted by Gasteiger charge is -2.22. The fourth-order valence-electron chi connectivity index (χ4n) is 4.34. The van der Waals surface area contributed by atoms with Gasteiger partial charge in [-0.2, -0.15) is 5.10 Å². The second kappa shape index (κ2) is 9.14. The van der Waals surface area contributed by atoms with Gasteiger partial charge in [0.15, 0.2) is 11.4 Å². The summed E-state index contributed by atoms with van der Waals surface area (Å²) in [6, 6.07) is 6.12. The number of benzene rings is 1. The highest BCUT2D eigenvalue weighted by molar-refractivity contribution is 5.97. The number of anilines is 1. The lowest BCUT2D eigenvalue weighted by molar-refractivity contribution is -0.275. The number of hydrogen-bond donors (Lipinski definition) is 2. The van der Waals surface area contributed by atoms with Gasteiger partial charge in [-0.25, -0.2) is 4.98 Å². The Morgan fingerprint density at radius 3 is 2.74 bits per heavy atom. The van der Waals surface area contributed by atoms with Crippen LogP contribution in [0.4, 0.5) is 19.0 Å². The second-order valence-corrected chi connectivity index (χ2v) is 8.40. The summed E-state index contributed by atoms with van der Waals surface area (Å²) in [5.41, 5.74) is 8.26. The molecule has 4 aromatic rings. The van der Waals surface area contributed by atoms with Gasteiger partial charge in [0.05, 0.1) is 17.6 Å². The molecule has 1 atom stereocenters. The Morgan fingerprint density at radius 2 is 1.97 bits per heavy atom. The number of alkyl halides is 3. The van der Waals surface area contributed by atoms with Crippen molar-refractivity contribution in [2.24, 2.45) is 0 Å². The van der Waals surface area contributed by atoms with Crippen molar-refractivity contribution < 1.29 is 27.1 Å². The molecule has 35 heavy (non-hydrogen) atoms. The third kappa shape index (κ3) is 4.76. The molecule has 8 nitrogen and oxygen atoms in total. The molecule has 1 aliphatic rings. The SMILES string of the molecule is CC(Oc1c(N)ncc2c(-c3cnn(C4CCNCC4)c3)coc12)c1ccccc1OC(F)(F)F. The van der Waals surface area contributed by atoms with E-state index < -0.39 is 12.5 Å². The summed E-state index contributed by atoms with van der Waals surface area (Å²) in [5, 5.41) is 8.54. The minimum absolute atomic E-state index is 0.0601. The van der Waals surface area contributed by atoms with E-state index in [1.807, 2.05) is 10.9 Å². The van der Waals surface area contributed by atoms with Gasteiger partial charge in [0, 0.05) is 29.1 Å². The van der Waals surface area contributed by atoms with Gasteiger partial charge >= 0.3 is 6.36 Å². The summed E-state index contributed by atoms with van der Waals surface area (Å²) in [6.45, 7) is 3.51. The Bertz CT molecular complexity index is 1330. The highest BCUT2D eigenvalue weighted by atomic mass is 19.4. The molecular formula is C24H24F3N5O3. The molecule has 0 spiro atoms. The summed E-state index contributed by atoms with van der Waals surface area (Å²) < 4.78 is 56.5. The van der Waals surface area contributed by atoms with Crippen molar-refractivity contribution in [1.82, 2.24) is 20.1 Å². The Kier molecular flexibility index (Phi) is 6.01. The average Bonchev–Trinajstić information content (AvgIpc) is 3.48. The Hall–Kier alpha value is -3.73. The molecule has 3 N–H and O–H groups in total. The van der Waals surface area contributed by atoms with Gasteiger partial charge in [-0.1, -0.05) is 18.2 Å². The number of pyridine rings is 1. The third-order valence-electron chi connectivity index (χ3n) is 6.07. The van der Waals surface area contributed by atoms with Crippen LogP contribution in [0.1, 0.15) is 37.5 Å². The topological polar surface area (TPSA) is 100 Å². The molecule has 0 aliphatic carbocycles. The number of ether oxygens (including phenoxy) is 2. The molecule has 0 saturated carbocycles. The first kappa shape index (κ1) is 23.0. The zero-order chi connectivity index (χ0) is 24.6. The Balaban J connectivity index is 1.45. The van der Waals surface area contributed by atoms with Crippen LogP contribution >= 0.6 is 0 Å². The summed E-state index contributed by atoms with van der Waals surface area (Å²) in [7, 11) is 0. The number of hydrogen-bond acceptors (Lipinski definition) is 7. The van der Waals surface area contributed by atoms with Crippen molar-refractivity contribution in [1.29, 1.82) is 0 Å². The van der Waals surface area contributed by atoms with Gasteiger partial charge in [0.25, 0.3) is 0 Å². The number of nitrogens with two attached hydrogens (primary N) is 1. The van der Waals surface area contributed by atoms with Crippen LogP contribution in [0.3, 0.4) is 0 Å². The van der Waals surface area contributed by atoms with Crippen LogP contribution in [0.25, 0.3) is 22.1 Å². The molecule has 1 saturated heterocycles. The van der Waals surface area contributed by atoms with Gasteiger partial charge in [-0.3, -0.25) is 4.68 Å². The van der Waals surface area contributed by atoms with Crippen LogP contribution < -0.4 is 20.5 Å². The maximum absolute atomic E-state index is 12.9. The average molecular weight is 487 g/mol. The third-order valence-corrected chi connectivity index (χ3v) is 6.07. The number of nitrogens with one attached hydrogen (secondary N) is 1. The minimum atomic E-state index is -4.83. The number of piperidine rings is 1. The zero-order valence-electron chi connectivity index (χ0n) is 18.9. The number of rotatable bonds is 6. The van der Waals surface area contributed by atoms with Crippen molar-refractivity contribution in [2.75, 3.05) is 18.8 Å². The molecule has 4 heterocycles. The predicted molar refractivity (Wildman–Crippen MR) is 123 cm³/mol. The molecule has 1 aromatic carbocycles. The van der Waals surface area contributed by atoms with E-state index in [1.165, 1.54) is 18.2 Å². The molecule has 1 aliphatic heterocycles. The van der Waals surface area contributed by atoms with Crippen molar-refractivity contribution in [2.45, 2.75) is 38.3 Å². The van der Waals surface area contributed by atoms with Crippen molar-refractivity contribution >= 4 is 16.8 Å². The fraction of sp³-hybridized carbons (Fsp3) is 0.333. The quantitative estimate of drug-likeness (QED) is 0.384. The molecular weight excluding hydrogens is 463 g/mol. The predicted octanol–water partition coefficient (Wildman–Crippen LogP) is 5.24. The van der Waals surface area contributed by atoms with E-state index in [1.54, 1.807) is 31.6 Å². The second-order valence-electron chi connectivity index (χ2n) is 8.40. The van der Waals surface area contributed by atoms with Gasteiger partial charge < -0.3 is 24.9 Å². The zero-order valence-corrected chi connectivity index (χ0v) is 18.9. The van der Waals surface area contributed by atoms with E-state index in [-0.39, 0.29) is 22.9 Å². The Labute approximate surface area is 198 Å². The lowest BCUT2D eigenvalue weighted by atomic mass is 10.1. The maximum atomic E-state index is 12.9. The first-order chi connectivity index (χ1) is 16.8. The largest absolute Gasteiger partial charge is 0.573 e. The number of nitrogens with zero attached hydrogens (tertiary/aromatic N) is 3. The maximum Gasteiger partial charge on any atom is 0.573 e. The van der Waals surface area contributed by atoms with Crippen LogP contribution in [-0.4, -0.2) is 34.2 Å². The molecule has 1 fully saturated rings. The number of fused-ring (bicyclic) bond motifs is 1. The summed E-state index contributed by atoms with van der Waals surface area (Å²) in [5.74, 6) is -0.143. The van der Waals surface area contributed by atoms with Crippen molar-refractivity contribution in [3.05, 3.63) is 54.7 Å². The minimum Gasteiger partial charge on any atom is -0.478 e. The monoisotopic (exact) mass is 487 g/mol. The van der Waals surface area contributed by atoms with E-state index in [4.69, 9.17) is 14.9 Å². The van der Waals surface area contributed by atoms with E-state index in [0.717, 1.165) is 37.1 Å². The van der Waals surface area contributed by atoms with E-state index >= 15 is 0 Å². The normalized spacial score (nSPS) is 15.9. The smallest absolute Gasteiger partial charge is 0.478 e. The molecule has 11 heteroatoms. The lowest BCUT2D eigenvalue weighted by Crippen LogP contribution is -2.29. The highest BCUT2D eigenvalue weighted by Crippen LogP contribution is 2.41. The molecule has 3 aromatic heterocycles. The summed E-state index contributed by atoms with van der Waals surface area (Å²) >= 11 is 0. The molecule has 1 unspecified atom stereocenters. The van der Waals surface area contributed by atoms with Crippen molar-refractivity contribution in [3.63, 3.8) is 0 Å². The van der Waals surface area contributed by atoms with E-state index in [9.17, 15) is 13.2 Å². The number of aromatic nitrogens is 3. The van der Waals surface area contributed by atoms with Gasteiger partial charge in [-0.05, 0) is 38.9 Å². The highest BCUT2D eigenvalue weighted by Gasteiger charge is 2.33. The van der Waals surface area contributed by atoms with Gasteiger partial charge in [0.1, 0.15) is 18.1 Å². The first-order valence-corrected chi connectivity index (χ1v) is 11.2. The summed E-state index contributed by atoms with van der Waals surface area (Å²) in [6.07, 6.45) is 3.25.